The molecule has 2 aromatic rings. The van der Waals surface area contributed by atoms with Crippen LogP contribution in [0.3, 0.4) is 0 Å². The third-order valence-corrected chi connectivity index (χ3v) is 5.79. The summed E-state index contributed by atoms with van der Waals surface area (Å²) in [6.45, 7) is 2.34. The second-order valence-corrected chi connectivity index (χ2v) is 7.49. The number of anilines is 1. The van der Waals surface area contributed by atoms with E-state index in [1.165, 1.54) is 42.5 Å². The Balaban J connectivity index is 1.36. The molecule has 2 heteroatoms. The molecule has 2 aromatic carbocycles. The molecule has 1 fully saturated rings. The van der Waals surface area contributed by atoms with E-state index in [9.17, 15) is 0 Å². The highest BCUT2D eigenvalue weighted by atomic mass is 15.1. The number of benzene rings is 2. The summed E-state index contributed by atoms with van der Waals surface area (Å²) in [4.78, 5) is 0. The summed E-state index contributed by atoms with van der Waals surface area (Å²) in [6, 6.07) is 21.4. The molecule has 24 heavy (non-hydrogen) atoms. The average molecular weight is 320 g/mol. The monoisotopic (exact) mass is 320 g/mol. The Morgan fingerprint density at radius 1 is 1.04 bits per heavy atom. The van der Waals surface area contributed by atoms with Gasteiger partial charge in [-0.25, -0.2) is 0 Å². The van der Waals surface area contributed by atoms with Crippen molar-refractivity contribution in [3.05, 3.63) is 65.7 Å². The molecule has 1 saturated carbocycles. The van der Waals surface area contributed by atoms with Crippen LogP contribution in [-0.4, -0.2) is 18.1 Å². The van der Waals surface area contributed by atoms with Crippen molar-refractivity contribution < 1.29 is 0 Å². The Hall–Kier alpha value is -1.80. The van der Waals surface area contributed by atoms with Crippen molar-refractivity contribution in [2.45, 2.75) is 63.1 Å². The molecular weight excluding hydrogens is 292 g/mol. The molecule has 2 N–H and O–H groups in total. The van der Waals surface area contributed by atoms with E-state index in [-0.39, 0.29) is 0 Å². The first-order chi connectivity index (χ1) is 11.8. The van der Waals surface area contributed by atoms with Crippen LogP contribution in [0, 0.1) is 0 Å². The number of aryl methyl sites for hydroxylation is 1. The van der Waals surface area contributed by atoms with Crippen molar-refractivity contribution >= 4 is 5.69 Å². The Kier molecular flexibility index (Phi) is 4.57. The largest absolute Gasteiger partial charge is 0.380 e. The van der Waals surface area contributed by atoms with E-state index < -0.39 is 0 Å². The van der Waals surface area contributed by atoms with Crippen LogP contribution < -0.4 is 10.6 Å². The molecule has 0 bridgehead atoms. The Morgan fingerprint density at radius 2 is 1.83 bits per heavy atom. The van der Waals surface area contributed by atoms with Crippen LogP contribution in [0.1, 0.15) is 49.7 Å². The summed E-state index contributed by atoms with van der Waals surface area (Å²) in [7, 11) is 0. The zero-order chi connectivity index (χ0) is 16.4. The minimum atomic E-state index is 0.555. The van der Waals surface area contributed by atoms with Gasteiger partial charge in [0.15, 0.2) is 0 Å². The smallest absolute Gasteiger partial charge is 0.0484 e. The van der Waals surface area contributed by atoms with Crippen LogP contribution in [-0.2, 0) is 6.42 Å². The highest BCUT2D eigenvalue weighted by molar-refractivity contribution is 5.60. The van der Waals surface area contributed by atoms with E-state index in [2.05, 4.69) is 72.2 Å². The van der Waals surface area contributed by atoms with E-state index >= 15 is 0 Å². The zero-order valence-corrected chi connectivity index (χ0v) is 14.5. The first-order valence-electron chi connectivity index (χ1n) is 9.47. The molecule has 0 saturated heterocycles. The van der Waals surface area contributed by atoms with Crippen molar-refractivity contribution in [3.63, 3.8) is 0 Å². The number of para-hydroxylation sites is 1. The van der Waals surface area contributed by atoms with Crippen LogP contribution in [0.2, 0.25) is 0 Å². The van der Waals surface area contributed by atoms with Gasteiger partial charge in [0, 0.05) is 29.7 Å². The summed E-state index contributed by atoms with van der Waals surface area (Å²) in [6.07, 6.45) is 6.30. The van der Waals surface area contributed by atoms with Crippen molar-refractivity contribution in [1.29, 1.82) is 0 Å². The molecule has 2 aliphatic rings. The number of hydrogen-bond acceptors (Lipinski definition) is 2. The van der Waals surface area contributed by atoms with Crippen LogP contribution in [0.5, 0.6) is 0 Å². The van der Waals surface area contributed by atoms with Crippen LogP contribution in [0.15, 0.2) is 54.6 Å². The van der Waals surface area contributed by atoms with Gasteiger partial charge in [0.1, 0.15) is 0 Å². The Morgan fingerprint density at radius 3 is 2.71 bits per heavy atom. The maximum absolute atomic E-state index is 3.93. The molecule has 1 aliphatic carbocycles. The van der Waals surface area contributed by atoms with Crippen molar-refractivity contribution in [2.75, 3.05) is 5.32 Å². The van der Waals surface area contributed by atoms with Gasteiger partial charge < -0.3 is 10.6 Å². The minimum Gasteiger partial charge on any atom is -0.380 e. The molecule has 3 unspecified atom stereocenters. The molecule has 4 atom stereocenters. The second-order valence-electron chi connectivity index (χ2n) is 7.49. The van der Waals surface area contributed by atoms with Gasteiger partial charge >= 0.3 is 0 Å². The number of fused-ring (bicyclic) bond motifs is 3. The molecule has 0 aromatic heterocycles. The quantitative estimate of drug-likeness (QED) is 0.832. The molecule has 0 spiro atoms. The van der Waals surface area contributed by atoms with Gasteiger partial charge in [0.05, 0.1) is 0 Å². The summed E-state index contributed by atoms with van der Waals surface area (Å²) < 4.78 is 0. The summed E-state index contributed by atoms with van der Waals surface area (Å²) in [5.74, 6) is 0.689. The maximum atomic E-state index is 3.93. The van der Waals surface area contributed by atoms with Crippen molar-refractivity contribution in [1.82, 2.24) is 5.32 Å². The zero-order valence-electron chi connectivity index (χ0n) is 14.5. The molecule has 1 aliphatic heterocycles. The van der Waals surface area contributed by atoms with Gasteiger partial charge in [-0.2, -0.15) is 0 Å². The van der Waals surface area contributed by atoms with E-state index in [1.54, 1.807) is 0 Å². The average Bonchev–Trinajstić information content (AvgIpc) is 3.01. The van der Waals surface area contributed by atoms with Crippen LogP contribution >= 0.6 is 0 Å². The topological polar surface area (TPSA) is 24.1 Å². The highest BCUT2D eigenvalue weighted by Gasteiger charge is 2.39. The second kappa shape index (κ2) is 6.98. The fourth-order valence-electron chi connectivity index (χ4n) is 4.54. The Labute approximate surface area is 145 Å². The standard InChI is InChI=1S/C22H28N2/c1-16(14-15-17-8-3-2-4-9-17)23-21-13-7-11-19-18-10-5-6-12-20(18)24-22(19)21/h2-6,8-10,12,16,19,21-24H,7,11,13-15H2,1H3/t16-,19?,21?,22?/m0/s1. The first kappa shape index (κ1) is 15.7. The van der Waals surface area contributed by atoms with Crippen molar-refractivity contribution in [2.24, 2.45) is 0 Å². The molecular formula is C22H28N2. The summed E-state index contributed by atoms with van der Waals surface area (Å²) in [5, 5.41) is 7.74. The van der Waals surface area contributed by atoms with Gasteiger partial charge in [-0.15, -0.1) is 0 Å². The Bertz CT molecular complexity index is 667. The van der Waals surface area contributed by atoms with E-state index in [1.807, 2.05) is 0 Å². The van der Waals surface area contributed by atoms with Gasteiger partial charge in [-0.3, -0.25) is 0 Å². The highest BCUT2D eigenvalue weighted by Crippen LogP contribution is 2.43. The number of hydrogen-bond donors (Lipinski definition) is 2. The fraction of sp³-hybridized carbons (Fsp3) is 0.455. The SMILES string of the molecule is C[C@@H](CCc1ccccc1)NC1CCCC2c3ccccc3NC12. The van der Waals surface area contributed by atoms with E-state index in [4.69, 9.17) is 0 Å². The molecule has 4 rings (SSSR count). The number of rotatable bonds is 5. The van der Waals surface area contributed by atoms with Gasteiger partial charge in [-0.1, -0.05) is 55.0 Å². The fourth-order valence-corrected chi connectivity index (χ4v) is 4.54. The van der Waals surface area contributed by atoms with Crippen molar-refractivity contribution in [3.8, 4) is 0 Å². The lowest BCUT2D eigenvalue weighted by molar-refractivity contribution is 0.295. The van der Waals surface area contributed by atoms with E-state index in [0.717, 1.165) is 6.42 Å². The van der Waals surface area contributed by atoms with Gasteiger partial charge in [0.25, 0.3) is 0 Å². The summed E-state index contributed by atoms with van der Waals surface area (Å²) in [5.41, 5.74) is 4.34. The molecule has 0 amide bonds. The molecule has 2 nitrogen and oxygen atoms in total. The molecule has 1 heterocycles. The number of nitrogens with one attached hydrogen (secondary N) is 2. The predicted octanol–water partition coefficient (Wildman–Crippen LogP) is 4.73. The molecule has 0 radical (unpaired) electrons. The lowest BCUT2D eigenvalue weighted by atomic mass is 9.79. The van der Waals surface area contributed by atoms with Crippen LogP contribution in [0.4, 0.5) is 5.69 Å². The molecule has 126 valence electrons. The predicted molar refractivity (Wildman–Crippen MR) is 102 cm³/mol. The van der Waals surface area contributed by atoms with Gasteiger partial charge in [0.2, 0.25) is 0 Å². The van der Waals surface area contributed by atoms with E-state index in [0.29, 0.717) is 24.0 Å². The minimum absolute atomic E-state index is 0.555. The first-order valence-corrected chi connectivity index (χ1v) is 9.47. The normalized spacial score (nSPS) is 26.3. The van der Waals surface area contributed by atoms with Gasteiger partial charge in [-0.05, 0) is 49.8 Å². The summed E-state index contributed by atoms with van der Waals surface area (Å²) >= 11 is 0. The lowest BCUT2D eigenvalue weighted by Crippen LogP contribution is -2.50. The third kappa shape index (κ3) is 3.21. The third-order valence-electron chi connectivity index (χ3n) is 5.79. The maximum Gasteiger partial charge on any atom is 0.0484 e. The lowest BCUT2D eigenvalue weighted by Gasteiger charge is -2.36. The van der Waals surface area contributed by atoms with Crippen LogP contribution in [0.25, 0.3) is 0 Å².